The summed E-state index contributed by atoms with van der Waals surface area (Å²) >= 11 is 0. The molecule has 0 amide bonds. The van der Waals surface area contributed by atoms with E-state index in [0.29, 0.717) is 31.6 Å². The fourth-order valence-electron chi connectivity index (χ4n) is 2.75. The Labute approximate surface area is 173 Å². The molecule has 0 aliphatic heterocycles. The molecule has 2 rings (SSSR count). The van der Waals surface area contributed by atoms with E-state index in [4.69, 9.17) is 14.2 Å². The first-order chi connectivity index (χ1) is 14.1. The first kappa shape index (κ1) is 22.5. The molecule has 0 radical (unpaired) electrons. The molecule has 0 unspecified atom stereocenters. The summed E-state index contributed by atoms with van der Waals surface area (Å²) in [5.41, 5.74) is 2.61. The van der Waals surface area contributed by atoms with Gasteiger partial charge < -0.3 is 14.2 Å². The van der Waals surface area contributed by atoms with Crippen LogP contribution in [0.2, 0.25) is 0 Å². The van der Waals surface area contributed by atoms with Gasteiger partial charge in [-0.05, 0) is 54.7 Å². The predicted octanol–water partition coefficient (Wildman–Crippen LogP) is 5.42. The lowest BCUT2D eigenvalue weighted by Gasteiger charge is -2.08. The van der Waals surface area contributed by atoms with E-state index in [9.17, 15) is 9.59 Å². The van der Waals surface area contributed by atoms with Gasteiger partial charge in [0.1, 0.15) is 5.75 Å². The summed E-state index contributed by atoms with van der Waals surface area (Å²) in [4.78, 5) is 22.8. The third-order valence-corrected chi connectivity index (χ3v) is 4.40. The monoisotopic (exact) mass is 398 g/mol. The van der Waals surface area contributed by atoms with E-state index in [-0.39, 0.29) is 11.9 Å². The fraction of sp³-hybridized carbons (Fsp3) is 0.417. The largest absolute Gasteiger partial charge is 0.494 e. The zero-order valence-electron chi connectivity index (χ0n) is 17.3. The molecule has 0 saturated carbocycles. The molecule has 0 bridgehead atoms. The summed E-state index contributed by atoms with van der Waals surface area (Å²) in [6.45, 7) is 4.95. The number of carbonyl (C=O) groups excluding carboxylic acids is 2. The van der Waals surface area contributed by atoms with Gasteiger partial charge in [-0.1, -0.05) is 44.0 Å². The van der Waals surface area contributed by atoms with E-state index in [1.54, 1.807) is 12.1 Å². The molecule has 5 heteroatoms. The third-order valence-electron chi connectivity index (χ3n) is 4.40. The summed E-state index contributed by atoms with van der Waals surface area (Å²) in [5, 5.41) is 0. The SMILES string of the molecule is CCCCCOc1ccc(-c2ccc(C(=O)OCCCCOC(C)=O)cc2)cc1. The van der Waals surface area contributed by atoms with Gasteiger partial charge in [0.05, 0.1) is 25.4 Å². The van der Waals surface area contributed by atoms with Crippen LogP contribution in [-0.4, -0.2) is 31.8 Å². The highest BCUT2D eigenvalue weighted by atomic mass is 16.5. The number of benzene rings is 2. The van der Waals surface area contributed by atoms with E-state index < -0.39 is 0 Å². The van der Waals surface area contributed by atoms with E-state index in [1.165, 1.54) is 19.8 Å². The Morgan fingerprint density at radius 2 is 1.28 bits per heavy atom. The molecule has 0 heterocycles. The van der Waals surface area contributed by atoms with Gasteiger partial charge >= 0.3 is 11.9 Å². The van der Waals surface area contributed by atoms with Crippen molar-refractivity contribution >= 4 is 11.9 Å². The minimum absolute atomic E-state index is 0.295. The second kappa shape index (κ2) is 12.6. The Morgan fingerprint density at radius 1 is 0.724 bits per heavy atom. The number of hydrogen-bond donors (Lipinski definition) is 0. The number of unbranched alkanes of at least 4 members (excludes halogenated alkanes) is 3. The van der Waals surface area contributed by atoms with Crippen molar-refractivity contribution in [3.8, 4) is 16.9 Å². The van der Waals surface area contributed by atoms with Crippen LogP contribution in [0.4, 0.5) is 0 Å². The highest BCUT2D eigenvalue weighted by molar-refractivity contribution is 5.90. The van der Waals surface area contributed by atoms with Gasteiger partial charge in [0, 0.05) is 6.92 Å². The number of carbonyl (C=O) groups is 2. The highest BCUT2D eigenvalue weighted by Gasteiger charge is 2.08. The molecule has 0 saturated heterocycles. The van der Waals surface area contributed by atoms with Crippen molar-refractivity contribution in [2.45, 2.75) is 46.0 Å². The molecule has 0 N–H and O–H groups in total. The van der Waals surface area contributed by atoms with E-state index in [0.717, 1.165) is 29.9 Å². The Hall–Kier alpha value is -2.82. The van der Waals surface area contributed by atoms with Crippen LogP contribution in [-0.2, 0) is 14.3 Å². The highest BCUT2D eigenvalue weighted by Crippen LogP contribution is 2.23. The smallest absolute Gasteiger partial charge is 0.338 e. The second-order valence-electron chi connectivity index (χ2n) is 6.84. The van der Waals surface area contributed by atoms with E-state index in [2.05, 4.69) is 6.92 Å². The van der Waals surface area contributed by atoms with Crippen molar-refractivity contribution < 1.29 is 23.8 Å². The van der Waals surface area contributed by atoms with Gasteiger partial charge in [0.25, 0.3) is 0 Å². The van der Waals surface area contributed by atoms with Crippen LogP contribution in [0.1, 0.15) is 56.3 Å². The van der Waals surface area contributed by atoms with Crippen molar-refractivity contribution in [2.24, 2.45) is 0 Å². The molecule has 0 aliphatic carbocycles. The summed E-state index contributed by atoms with van der Waals surface area (Å²) in [5.74, 6) is 0.231. The van der Waals surface area contributed by atoms with Gasteiger partial charge in [-0.15, -0.1) is 0 Å². The van der Waals surface area contributed by atoms with Gasteiger partial charge in [-0.25, -0.2) is 4.79 Å². The van der Waals surface area contributed by atoms with Crippen molar-refractivity contribution in [1.29, 1.82) is 0 Å². The maximum Gasteiger partial charge on any atom is 0.338 e. The third kappa shape index (κ3) is 8.38. The summed E-state index contributed by atoms with van der Waals surface area (Å²) < 4.78 is 15.8. The maximum absolute atomic E-state index is 12.1. The average Bonchev–Trinajstić information content (AvgIpc) is 2.74. The second-order valence-corrected chi connectivity index (χ2v) is 6.84. The Morgan fingerprint density at radius 3 is 1.86 bits per heavy atom. The first-order valence-corrected chi connectivity index (χ1v) is 10.2. The Balaban J connectivity index is 1.78. The number of rotatable bonds is 12. The minimum atomic E-state index is -0.347. The first-order valence-electron chi connectivity index (χ1n) is 10.2. The quantitative estimate of drug-likeness (QED) is 0.353. The van der Waals surface area contributed by atoms with Crippen molar-refractivity contribution in [3.05, 3.63) is 54.1 Å². The van der Waals surface area contributed by atoms with Crippen LogP contribution in [0.3, 0.4) is 0 Å². The molecule has 2 aromatic rings. The molecular formula is C24H30O5. The van der Waals surface area contributed by atoms with Crippen LogP contribution >= 0.6 is 0 Å². The van der Waals surface area contributed by atoms with Crippen molar-refractivity contribution in [1.82, 2.24) is 0 Å². The zero-order chi connectivity index (χ0) is 20.9. The van der Waals surface area contributed by atoms with Crippen LogP contribution < -0.4 is 4.74 Å². The topological polar surface area (TPSA) is 61.8 Å². The summed E-state index contributed by atoms with van der Waals surface area (Å²) in [7, 11) is 0. The molecule has 0 spiro atoms. The number of esters is 2. The Kier molecular flexibility index (Phi) is 9.76. The molecule has 0 aliphatic rings. The molecular weight excluding hydrogens is 368 g/mol. The average molecular weight is 398 g/mol. The molecule has 0 aromatic heterocycles. The van der Waals surface area contributed by atoms with Crippen molar-refractivity contribution in [2.75, 3.05) is 19.8 Å². The lowest BCUT2D eigenvalue weighted by atomic mass is 10.0. The fourth-order valence-corrected chi connectivity index (χ4v) is 2.75. The van der Waals surface area contributed by atoms with Crippen molar-refractivity contribution in [3.63, 3.8) is 0 Å². The van der Waals surface area contributed by atoms with Gasteiger partial charge in [0.15, 0.2) is 0 Å². The van der Waals surface area contributed by atoms with Crippen LogP contribution in [0.15, 0.2) is 48.5 Å². The zero-order valence-corrected chi connectivity index (χ0v) is 17.3. The number of hydrogen-bond acceptors (Lipinski definition) is 5. The van der Waals surface area contributed by atoms with Gasteiger partial charge in [0.2, 0.25) is 0 Å². The normalized spacial score (nSPS) is 10.4. The van der Waals surface area contributed by atoms with E-state index >= 15 is 0 Å². The molecule has 29 heavy (non-hydrogen) atoms. The summed E-state index contributed by atoms with van der Waals surface area (Å²) in [6.07, 6.45) is 4.76. The molecule has 2 aromatic carbocycles. The van der Waals surface area contributed by atoms with E-state index in [1.807, 2.05) is 36.4 Å². The van der Waals surface area contributed by atoms with Crippen LogP contribution in [0.25, 0.3) is 11.1 Å². The molecule has 156 valence electrons. The lowest BCUT2D eigenvalue weighted by molar-refractivity contribution is -0.141. The molecule has 0 fully saturated rings. The Bertz CT molecular complexity index is 750. The van der Waals surface area contributed by atoms with Gasteiger partial charge in [-0.2, -0.15) is 0 Å². The molecule has 0 atom stereocenters. The number of ether oxygens (including phenoxy) is 3. The summed E-state index contributed by atoms with van der Waals surface area (Å²) in [6, 6.07) is 15.3. The molecule has 5 nitrogen and oxygen atoms in total. The maximum atomic E-state index is 12.1. The minimum Gasteiger partial charge on any atom is -0.494 e. The van der Waals surface area contributed by atoms with Crippen LogP contribution in [0.5, 0.6) is 5.75 Å². The predicted molar refractivity (Wildman–Crippen MR) is 113 cm³/mol. The standard InChI is InChI=1S/C24H30O5/c1-3-4-5-17-28-23-14-12-21(13-15-23)20-8-10-22(11-9-20)24(26)29-18-7-6-16-27-19(2)25/h8-15H,3-7,16-18H2,1-2H3. The van der Waals surface area contributed by atoms with Crippen LogP contribution in [0, 0.1) is 0 Å². The van der Waals surface area contributed by atoms with Gasteiger partial charge in [-0.3, -0.25) is 4.79 Å². The lowest BCUT2D eigenvalue weighted by Crippen LogP contribution is -2.07.